The van der Waals surface area contributed by atoms with E-state index in [1.54, 1.807) is 18.2 Å². The molecule has 6 heteroatoms. The molecule has 2 N–H and O–H groups in total. The summed E-state index contributed by atoms with van der Waals surface area (Å²) in [5.74, 6) is 1.03. The molecule has 0 fully saturated rings. The molecular formula is C19H18N2O4. The van der Waals surface area contributed by atoms with Crippen molar-refractivity contribution in [3.8, 4) is 11.5 Å². The molecule has 0 radical (unpaired) electrons. The second-order valence-electron chi connectivity index (χ2n) is 6.71. The van der Waals surface area contributed by atoms with Crippen molar-refractivity contribution in [3.63, 3.8) is 0 Å². The summed E-state index contributed by atoms with van der Waals surface area (Å²) in [5.41, 5.74) is 2.68. The van der Waals surface area contributed by atoms with Gasteiger partial charge in [-0.3, -0.25) is 9.59 Å². The van der Waals surface area contributed by atoms with E-state index in [-0.39, 0.29) is 18.6 Å². The Labute approximate surface area is 145 Å². The lowest BCUT2D eigenvalue weighted by molar-refractivity contribution is -0.119. The van der Waals surface area contributed by atoms with E-state index in [2.05, 4.69) is 10.6 Å². The molecule has 4 rings (SSSR count). The van der Waals surface area contributed by atoms with Crippen LogP contribution in [0.2, 0.25) is 0 Å². The Bertz CT molecular complexity index is 889. The van der Waals surface area contributed by atoms with Crippen molar-refractivity contribution in [2.75, 3.05) is 12.1 Å². The molecule has 0 saturated carbocycles. The van der Waals surface area contributed by atoms with Crippen molar-refractivity contribution in [2.24, 2.45) is 0 Å². The first-order valence-corrected chi connectivity index (χ1v) is 8.08. The van der Waals surface area contributed by atoms with E-state index in [9.17, 15) is 9.59 Å². The number of rotatable bonds is 3. The molecule has 2 aromatic rings. The van der Waals surface area contributed by atoms with Gasteiger partial charge in [0.2, 0.25) is 12.7 Å². The second-order valence-corrected chi connectivity index (χ2v) is 6.71. The fraction of sp³-hybridized carbons (Fsp3) is 0.263. The number of anilines is 1. The van der Waals surface area contributed by atoms with Gasteiger partial charge in [0, 0.05) is 17.8 Å². The zero-order chi connectivity index (χ0) is 17.6. The maximum absolute atomic E-state index is 12.4. The summed E-state index contributed by atoms with van der Waals surface area (Å²) in [6, 6.07) is 10.9. The maximum atomic E-state index is 12.4. The zero-order valence-electron chi connectivity index (χ0n) is 14.0. The van der Waals surface area contributed by atoms with E-state index in [1.807, 2.05) is 32.0 Å². The number of hydrogen-bond donors (Lipinski definition) is 2. The predicted molar refractivity (Wildman–Crippen MR) is 91.8 cm³/mol. The summed E-state index contributed by atoms with van der Waals surface area (Å²) < 4.78 is 10.5. The largest absolute Gasteiger partial charge is 0.454 e. The highest BCUT2D eigenvalue weighted by Crippen LogP contribution is 2.37. The predicted octanol–water partition coefficient (Wildman–Crippen LogP) is 2.58. The highest BCUT2D eigenvalue weighted by atomic mass is 16.7. The van der Waals surface area contributed by atoms with Gasteiger partial charge in [0.25, 0.3) is 5.91 Å². The topological polar surface area (TPSA) is 76.7 Å². The molecule has 0 saturated heterocycles. The van der Waals surface area contributed by atoms with Crippen LogP contribution in [0.15, 0.2) is 36.4 Å². The highest BCUT2D eigenvalue weighted by Gasteiger charge is 2.38. The standard InChI is InChI=1S/C19H18N2O4/c1-19(2)13-7-11(3-5-14(13)21-18(19)23)9-20-17(22)12-4-6-15-16(8-12)25-10-24-15/h3-8H,9-10H2,1-2H3,(H,20,22)(H,21,23). The lowest BCUT2D eigenvalue weighted by Crippen LogP contribution is -2.27. The third-order valence-corrected chi connectivity index (χ3v) is 4.66. The third-order valence-electron chi connectivity index (χ3n) is 4.66. The highest BCUT2D eigenvalue weighted by molar-refractivity contribution is 6.05. The van der Waals surface area contributed by atoms with Crippen molar-refractivity contribution in [3.05, 3.63) is 53.1 Å². The Hall–Kier alpha value is -3.02. The molecule has 0 atom stereocenters. The van der Waals surface area contributed by atoms with Crippen LogP contribution in [0.5, 0.6) is 11.5 Å². The Kier molecular flexibility index (Phi) is 3.42. The number of nitrogens with one attached hydrogen (secondary N) is 2. The molecule has 0 aromatic heterocycles. The Morgan fingerprint density at radius 1 is 1.16 bits per heavy atom. The van der Waals surface area contributed by atoms with Gasteiger partial charge in [0.05, 0.1) is 5.41 Å². The van der Waals surface area contributed by atoms with Crippen LogP contribution in [0.25, 0.3) is 0 Å². The maximum Gasteiger partial charge on any atom is 0.251 e. The SMILES string of the molecule is CC1(C)C(=O)Nc2ccc(CNC(=O)c3ccc4c(c3)OCO4)cc21. The van der Waals surface area contributed by atoms with Crippen molar-refractivity contribution in [2.45, 2.75) is 25.8 Å². The number of amides is 2. The van der Waals surface area contributed by atoms with Crippen molar-refractivity contribution in [1.82, 2.24) is 5.32 Å². The van der Waals surface area contributed by atoms with Gasteiger partial charge < -0.3 is 20.1 Å². The molecule has 2 aliphatic heterocycles. The van der Waals surface area contributed by atoms with E-state index in [0.717, 1.165) is 16.8 Å². The van der Waals surface area contributed by atoms with Crippen LogP contribution in [0.4, 0.5) is 5.69 Å². The van der Waals surface area contributed by atoms with E-state index in [4.69, 9.17) is 9.47 Å². The van der Waals surface area contributed by atoms with Gasteiger partial charge in [-0.25, -0.2) is 0 Å². The number of hydrogen-bond acceptors (Lipinski definition) is 4. The molecule has 0 spiro atoms. The summed E-state index contributed by atoms with van der Waals surface area (Å²) in [6.07, 6.45) is 0. The monoisotopic (exact) mass is 338 g/mol. The first kappa shape index (κ1) is 15.5. The fourth-order valence-electron chi connectivity index (χ4n) is 3.05. The fourth-order valence-corrected chi connectivity index (χ4v) is 3.05. The average Bonchev–Trinajstić information content (AvgIpc) is 3.15. The second kappa shape index (κ2) is 5.51. The first-order chi connectivity index (χ1) is 11.9. The van der Waals surface area contributed by atoms with E-state index >= 15 is 0 Å². The summed E-state index contributed by atoms with van der Waals surface area (Å²) in [4.78, 5) is 24.4. The van der Waals surface area contributed by atoms with Crippen LogP contribution >= 0.6 is 0 Å². The van der Waals surface area contributed by atoms with Crippen molar-refractivity contribution in [1.29, 1.82) is 0 Å². The van der Waals surface area contributed by atoms with E-state index < -0.39 is 5.41 Å². The number of carbonyl (C=O) groups excluding carboxylic acids is 2. The molecule has 2 aromatic carbocycles. The van der Waals surface area contributed by atoms with E-state index in [0.29, 0.717) is 23.6 Å². The van der Waals surface area contributed by atoms with Crippen LogP contribution < -0.4 is 20.1 Å². The van der Waals surface area contributed by atoms with Crippen molar-refractivity contribution >= 4 is 17.5 Å². The van der Waals surface area contributed by atoms with Crippen LogP contribution in [-0.2, 0) is 16.8 Å². The van der Waals surface area contributed by atoms with Gasteiger partial charge in [-0.05, 0) is 49.2 Å². The molecule has 2 heterocycles. The average molecular weight is 338 g/mol. The Morgan fingerprint density at radius 3 is 2.80 bits per heavy atom. The van der Waals surface area contributed by atoms with Crippen molar-refractivity contribution < 1.29 is 19.1 Å². The first-order valence-electron chi connectivity index (χ1n) is 8.08. The summed E-state index contributed by atoms with van der Waals surface area (Å²) >= 11 is 0. The molecule has 2 amide bonds. The van der Waals surface area contributed by atoms with Crippen LogP contribution in [0.3, 0.4) is 0 Å². The Balaban J connectivity index is 1.48. The van der Waals surface area contributed by atoms with Crippen LogP contribution in [0.1, 0.15) is 35.3 Å². The van der Waals surface area contributed by atoms with Crippen LogP contribution in [-0.4, -0.2) is 18.6 Å². The molecule has 0 bridgehead atoms. The summed E-state index contributed by atoms with van der Waals surface area (Å²) in [6.45, 7) is 4.34. The Morgan fingerprint density at radius 2 is 1.96 bits per heavy atom. The molecular weight excluding hydrogens is 320 g/mol. The van der Waals surface area contributed by atoms with Gasteiger partial charge in [0.15, 0.2) is 11.5 Å². The summed E-state index contributed by atoms with van der Waals surface area (Å²) in [5, 5.41) is 5.77. The minimum absolute atomic E-state index is 0.0101. The molecule has 2 aliphatic rings. The molecule has 0 unspecified atom stereocenters. The van der Waals surface area contributed by atoms with Gasteiger partial charge in [0.1, 0.15) is 0 Å². The lowest BCUT2D eigenvalue weighted by atomic mass is 9.85. The summed E-state index contributed by atoms with van der Waals surface area (Å²) in [7, 11) is 0. The van der Waals surface area contributed by atoms with Gasteiger partial charge >= 0.3 is 0 Å². The number of carbonyl (C=O) groups is 2. The molecule has 0 aliphatic carbocycles. The normalized spacial score (nSPS) is 16.3. The smallest absolute Gasteiger partial charge is 0.251 e. The quantitative estimate of drug-likeness (QED) is 0.902. The minimum atomic E-state index is -0.563. The molecule has 6 nitrogen and oxygen atoms in total. The zero-order valence-corrected chi connectivity index (χ0v) is 14.0. The van der Waals surface area contributed by atoms with Gasteiger partial charge in [-0.1, -0.05) is 12.1 Å². The third kappa shape index (κ3) is 2.59. The van der Waals surface area contributed by atoms with Gasteiger partial charge in [-0.15, -0.1) is 0 Å². The van der Waals surface area contributed by atoms with E-state index in [1.165, 1.54) is 0 Å². The van der Waals surface area contributed by atoms with Crippen LogP contribution in [0, 0.1) is 0 Å². The lowest BCUT2D eigenvalue weighted by Gasteiger charge is -2.16. The molecule has 25 heavy (non-hydrogen) atoms. The van der Waals surface area contributed by atoms with Gasteiger partial charge in [-0.2, -0.15) is 0 Å². The number of ether oxygens (including phenoxy) is 2. The number of fused-ring (bicyclic) bond motifs is 2. The molecule has 128 valence electrons. The number of benzene rings is 2. The minimum Gasteiger partial charge on any atom is -0.454 e.